The minimum Gasteiger partial charge on any atom is -0.398 e. The van der Waals surface area contributed by atoms with Gasteiger partial charge in [-0.05, 0) is 61.1 Å². The minimum atomic E-state index is -0.418. The summed E-state index contributed by atoms with van der Waals surface area (Å²) in [5.74, 6) is -0.152. The van der Waals surface area contributed by atoms with Crippen molar-refractivity contribution < 1.29 is 9.90 Å². The molecule has 0 aromatic heterocycles. The number of carbonyl (C=O) groups excluding carboxylic acids is 1. The SMILES string of the molecule is CC(C)(CCO)NC(=O)c1ccc(N)c(I)c1. The molecule has 4 N–H and O–H groups in total. The zero-order valence-corrected chi connectivity index (χ0v) is 12.1. The van der Waals surface area contributed by atoms with Gasteiger partial charge < -0.3 is 16.2 Å². The Kier molecular flexibility index (Phi) is 4.76. The highest BCUT2D eigenvalue weighted by molar-refractivity contribution is 14.1. The van der Waals surface area contributed by atoms with Crippen molar-refractivity contribution in [1.29, 1.82) is 0 Å². The number of rotatable bonds is 4. The van der Waals surface area contributed by atoms with Gasteiger partial charge in [0.1, 0.15) is 0 Å². The van der Waals surface area contributed by atoms with Crippen molar-refractivity contribution >= 4 is 34.2 Å². The summed E-state index contributed by atoms with van der Waals surface area (Å²) in [5.41, 5.74) is 6.52. The van der Waals surface area contributed by atoms with Crippen LogP contribution in [0.4, 0.5) is 5.69 Å². The highest BCUT2D eigenvalue weighted by atomic mass is 127. The Labute approximate surface area is 115 Å². The zero-order valence-electron chi connectivity index (χ0n) is 9.96. The number of hydrogen-bond donors (Lipinski definition) is 3. The highest BCUT2D eigenvalue weighted by Crippen LogP contribution is 2.17. The van der Waals surface area contributed by atoms with E-state index in [4.69, 9.17) is 10.8 Å². The van der Waals surface area contributed by atoms with E-state index >= 15 is 0 Å². The first-order valence-corrected chi connectivity index (χ1v) is 6.42. The molecule has 0 bridgehead atoms. The third kappa shape index (κ3) is 4.16. The molecule has 1 amide bonds. The number of carbonyl (C=O) groups is 1. The molecule has 94 valence electrons. The van der Waals surface area contributed by atoms with Gasteiger partial charge in [0, 0.05) is 27.0 Å². The summed E-state index contributed by atoms with van der Waals surface area (Å²) in [6, 6.07) is 5.16. The molecule has 4 nitrogen and oxygen atoms in total. The van der Waals surface area contributed by atoms with E-state index in [-0.39, 0.29) is 12.5 Å². The number of halogens is 1. The van der Waals surface area contributed by atoms with E-state index in [2.05, 4.69) is 27.9 Å². The molecule has 0 aliphatic heterocycles. The first-order chi connectivity index (χ1) is 7.85. The predicted octanol–water partition coefficient (Wildman–Crippen LogP) is 1.76. The lowest BCUT2D eigenvalue weighted by molar-refractivity contribution is 0.0899. The quantitative estimate of drug-likeness (QED) is 0.573. The van der Waals surface area contributed by atoms with Crippen LogP contribution in [-0.2, 0) is 0 Å². The van der Waals surface area contributed by atoms with Crippen LogP contribution in [0.5, 0.6) is 0 Å². The molecular weight excluding hydrogens is 331 g/mol. The molecule has 0 atom stereocenters. The molecule has 0 heterocycles. The molecule has 0 spiro atoms. The van der Waals surface area contributed by atoms with E-state index in [1.54, 1.807) is 18.2 Å². The second kappa shape index (κ2) is 5.68. The summed E-state index contributed by atoms with van der Waals surface area (Å²) in [7, 11) is 0. The molecule has 17 heavy (non-hydrogen) atoms. The largest absolute Gasteiger partial charge is 0.398 e. The van der Waals surface area contributed by atoms with Gasteiger partial charge in [0.2, 0.25) is 0 Å². The highest BCUT2D eigenvalue weighted by Gasteiger charge is 2.20. The summed E-state index contributed by atoms with van der Waals surface area (Å²) in [6.07, 6.45) is 0.519. The molecule has 0 aliphatic rings. The molecule has 0 saturated carbocycles. The molecule has 0 unspecified atom stereocenters. The van der Waals surface area contributed by atoms with E-state index in [9.17, 15) is 4.79 Å². The van der Waals surface area contributed by atoms with Crippen molar-refractivity contribution in [3.8, 4) is 0 Å². The topological polar surface area (TPSA) is 75.3 Å². The van der Waals surface area contributed by atoms with Gasteiger partial charge in [-0.15, -0.1) is 0 Å². The fourth-order valence-electron chi connectivity index (χ4n) is 1.39. The van der Waals surface area contributed by atoms with E-state index < -0.39 is 5.54 Å². The molecule has 5 heteroatoms. The van der Waals surface area contributed by atoms with Gasteiger partial charge in [0.15, 0.2) is 0 Å². The van der Waals surface area contributed by atoms with Crippen LogP contribution in [0.1, 0.15) is 30.6 Å². The maximum atomic E-state index is 12.0. The Balaban J connectivity index is 2.80. The van der Waals surface area contributed by atoms with Crippen LogP contribution in [-0.4, -0.2) is 23.2 Å². The van der Waals surface area contributed by atoms with Gasteiger partial charge in [-0.1, -0.05) is 0 Å². The van der Waals surface area contributed by atoms with Crippen LogP contribution in [0.25, 0.3) is 0 Å². The van der Waals surface area contributed by atoms with Crippen LogP contribution in [0, 0.1) is 3.57 Å². The Hall–Kier alpha value is -0.820. The minimum absolute atomic E-state index is 0.0482. The molecule has 0 saturated heterocycles. The smallest absolute Gasteiger partial charge is 0.251 e. The molecule has 1 aromatic rings. The normalized spacial score (nSPS) is 11.3. The van der Waals surface area contributed by atoms with Gasteiger partial charge in [-0.3, -0.25) is 4.79 Å². The number of nitrogen functional groups attached to an aromatic ring is 1. The molecule has 0 aliphatic carbocycles. The number of aliphatic hydroxyl groups excluding tert-OH is 1. The van der Waals surface area contributed by atoms with Gasteiger partial charge in [-0.25, -0.2) is 0 Å². The van der Waals surface area contributed by atoms with Crippen molar-refractivity contribution in [3.05, 3.63) is 27.3 Å². The maximum Gasteiger partial charge on any atom is 0.251 e. The fourth-order valence-corrected chi connectivity index (χ4v) is 1.91. The summed E-state index contributed by atoms with van der Waals surface area (Å²) in [4.78, 5) is 12.0. The summed E-state index contributed by atoms with van der Waals surface area (Å²) in [5, 5.41) is 11.8. The lowest BCUT2D eigenvalue weighted by atomic mass is 10.0. The van der Waals surface area contributed by atoms with Crippen molar-refractivity contribution in [1.82, 2.24) is 5.32 Å². The molecule has 0 radical (unpaired) electrons. The van der Waals surface area contributed by atoms with Crippen molar-refractivity contribution in [2.24, 2.45) is 0 Å². The Morgan fingerprint density at radius 1 is 1.53 bits per heavy atom. The number of nitrogens with one attached hydrogen (secondary N) is 1. The average Bonchev–Trinajstić information content (AvgIpc) is 2.21. The number of aliphatic hydroxyl groups is 1. The number of hydrogen-bond acceptors (Lipinski definition) is 3. The van der Waals surface area contributed by atoms with Crippen LogP contribution in [0.15, 0.2) is 18.2 Å². The van der Waals surface area contributed by atoms with Crippen LogP contribution in [0.3, 0.4) is 0 Å². The van der Waals surface area contributed by atoms with Crippen LogP contribution >= 0.6 is 22.6 Å². The van der Waals surface area contributed by atoms with Gasteiger partial charge in [0.05, 0.1) is 0 Å². The summed E-state index contributed by atoms with van der Waals surface area (Å²) >= 11 is 2.09. The molecule has 1 aromatic carbocycles. The predicted molar refractivity (Wildman–Crippen MR) is 76.8 cm³/mol. The van der Waals surface area contributed by atoms with Gasteiger partial charge >= 0.3 is 0 Å². The first-order valence-electron chi connectivity index (χ1n) is 5.34. The van der Waals surface area contributed by atoms with Crippen LogP contribution in [0.2, 0.25) is 0 Å². The fraction of sp³-hybridized carbons (Fsp3) is 0.417. The van der Waals surface area contributed by atoms with Crippen molar-refractivity contribution in [2.75, 3.05) is 12.3 Å². The lowest BCUT2D eigenvalue weighted by Gasteiger charge is -2.25. The van der Waals surface area contributed by atoms with E-state index in [1.165, 1.54) is 0 Å². The number of nitrogens with two attached hydrogens (primary N) is 1. The van der Waals surface area contributed by atoms with E-state index in [1.807, 2.05) is 13.8 Å². The van der Waals surface area contributed by atoms with E-state index in [0.29, 0.717) is 17.7 Å². The number of amides is 1. The maximum absolute atomic E-state index is 12.0. The monoisotopic (exact) mass is 348 g/mol. The molecule has 0 fully saturated rings. The third-order valence-corrected chi connectivity index (χ3v) is 3.39. The van der Waals surface area contributed by atoms with E-state index in [0.717, 1.165) is 3.57 Å². The molecule has 1 rings (SSSR count). The average molecular weight is 348 g/mol. The second-order valence-electron chi connectivity index (χ2n) is 4.55. The van der Waals surface area contributed by atoms with Crippen molar-refractivity contribution in [2.45, 2.75) is 25.8 Å². The second-order valence-corrected chi connectivity index (χ2v) is 5.71. The van der Waals surface area contributed by atoms with Gasteiger partial charge in [-0.2, -0.15) is 0 Å². The molecular formula is C12H17IN2O2. The Bertz CT molecular complexity index is 419. The van der Waals surface area contributed by atoms with Crippen LogP contribution < -0.4 is 11.1 Å². The standard InChI is InChI=1S/C12H17IN2O2/c1-12(2,5-6-16)15-11(17)8-3-4-10(14)9(13)7-8/h3-4,7,16H,5-6,14H2,1-2H3,(H,15,17). The third-order valence-electron chi connectivity index (χ3n) is 2.45. The van der Waals surface area contributed by atoms with Gasteiger partial charge in [0.25, 0.3) is 5.91 Å². The number of benzene rings is 1. The zero-order chi connectivity index (χ0) is 13.1. The first kappa shape index (κ1) is 14.2. The Morgan fingerprint density at radius 2 is 2.18 bits per heavy atom. The van der Waals surface area contributed by atoms with Crippen molar-refractivity contribution in [3.63, 3.8) is 0 Å². The number of anilines is 1. The Morgan fingerprint density at radius 3 is 2.71 bits per heavy atom. The summed E-state index contributed by atoms with van der Waals surface area (Å²) < 4.78 is 0.857. The summed E-state index contributed by atoms with van der Waals surface area (Å²) in [6.45, 7) is 3.80. The lowest BCUT2D eigenvalue weighted by Crippen LogP contribution is -2.44.